The number of nitrogens with one attached hydrogen (secondary N) is 1. The highest BCUT2D eigenvalue weighted by atomic mass is 16.1. The third-order valence-electron chi connectivity index (χ3n) is 4.32. The van der Waals surface area contributed by atoms with Crippen molar-refractivity contribution in [2.45, 2.75) is 25.7 Å². The second-order valence-electron chi connectivity index (χ2n) is 5.41. The average Bonchev–Trinajstić information content (AvgIpc) is 2.66. The molecule has 0 atom stereocenters. The monoisotopic (exact) mass is 230 g/mol. The summed E-state index contributed by atoms with van der Waals surface area (Å²) in [5, 5.41) is 3.41. The van der Waals surface area contributed by atoms with Crippen molar-refractivity contribution in [2.75, 3.05) is 13.1 Å². The Balaban J connectivity index is 1.97. The summed E-state index contributed by atoms with van der Waals surface area (Å²) in [5.41, 5.74) is 9.12. The van der Waals surface area contributed by atoms with Crippen molar-refractivity contribution in [3.05, 3.63) is 34.9 Å². The summed E-state index contributed by atoms with van der Waals surface area (Å²) in [4.78, 5) is 11.4. The molecular formula is C14H18N2O. The zero-order chi connectivity index (χ0) is 11.9. The molecule has 1 aliphatic carbocycles. The molecule has 3 rings (SSSR count). The van der Waals surface area contributed by atoms with Crippen LogP contribution in [0.15, 0.2) is 18.2 Å². The number of rotatable bonds is 1. The zero-order valence-electron chi connectivity index (χ0n) is 9.96. The summed E-state index contributed by atoms with van der Waals surface area (Å²) >= 11 is 0. The molecule has 3 nitrogen and oxygen atoms in total. The average molecular weight is 230 g/mol. The minimum Gasteiger partial charge on any atom is -0.366 e. The SMILES string of the molecule is NC(=O)c1cccc2c1CC1(CCNCC1)C2. The van der Waals surface area contributed by atoms with Crippen molar-refractivity contribution < 1.29 is 4.79 Å². The maximum atomic E-state index is 11.4. The second-order valence-corrected chi connectivity index (χ2v) is 5.41. The van der Waals surface area contributed by atoms with Crippen LogP contribution in [0.2, 0.25) is 0 Å². The van der Waals surface area contributed by atoms with E-state index in [1.165, 1.54) is 24.0 Å². The first-order valence-corrected chi connectivity index (χ1v) is 6.32. The van der Waals surface area contributed by atoms with Gasteiger partial charge >= 0.3 is 0 Å². The number of primary amides is 1. The van der Waals surface area contributed by atoms with Gasteiger partial charge in [0.25, 0.3) is 0 Å². The van der Waals surface area contributed by atoms with Crippen LogP contribution < -0.4 is 11.1 Å². The van der Waals surface area contributed by atoms with E-state index in [-0.39, 0.29) is 5.91 Å². The highest BCUT2D eigenvalue weighted by molar-refractivity contribution is 5.94. The molecule has 1 aliphatic heterocycles. The molecule has 17 heavy (non-hydrogen) atoms. The van der Waals surface area contributed by atoms with E-state index >= 15 is 0 Å². The number of nitrogens with two attached hydrogens (primary N) is 1. The van der Waals surface area contributed by atoms with Gasteiger partial charge in [-0.05, 0) is 61.4 Å². The van der Waals surface area contributed by atoms with Crippen LogP contribution in [0.1, 0.15) is 34.3 Å². The summed E-state index contributed by atoms with van der Waals surface area (Å²) < 4.78 is 0. The molecule has 2 aliphatic rings. The zero-order valence-corrected chi connectivity index (χ0v) is 9.96. The van der Waals surface area contributed by atoms with Crippen LogP contribution in [0.5, 0.6) is 0 Å². The van der Waals surface area contributed by atoms with Gasteiger partial charge in [0, 0.05) is 5.56 Å². The first kappa shape index (κ1) is 10.8. The first-order chi connectivity index (χ1) is 8.20. The van der Waals surface area contributed by atoms with Crippen molar-refractivity contribution in [2.24, 2.45) is 11.1 Å². The Morgan fingerprint density at radius 3 is 2.71 bits per heavy atom. The Labute approximate surface area is 101 Å². The standard InChI is InChI=1S/C14H18N2O/c15-13(17)11-3-1-2-10-8-14(9-12(10)11)4-6-16-7-5-14/h1-3,16H,4-9H2,(H2,15,17). The Kier molecular flexibility index (Phi) is 2.44. The first-order valence-electron chi connectivity index (χ1n) is 6.32. The third-order valence-corrected chi connectivity index (χ3v) is 4.32. The van der Waals surface area contributed by atoms with E-state index in [0.717, 1.165) is 31.5 Å². The fourth-order valence-corrected chi connectivity index (χ4v) is 3.39. The largest absolute Gasteiger partial charge is 0.366 e. The summed E-state index contributed by atoms with van der Waals surface area (Å²) in [6.45, 7) is 2.19. The van der Waals surface area contributed by atoms with Crippen LogP contribution in [-0.2, 0) is 12.8 Å². The summed E-state index contributed by atoms with van der Waals surface area (Å²) in [7, 11) is 0. The van der Waals surface area contributed by atoms with Gasteiger partial charge < -0.3 is 11.1 Å². The van der Waals surface area contributed by atoms with E-state index in [4.69, 9.17) is 5.73 Å². The lowest BCUT2D eigenvalue weighted by Crippen LogP contribution is -2.37. The Bertz CT molecular complexity index is 461. The van der Waals surface area contributed by atoms with Crippen molar-refractivity contribution in [3.8, 4) is 0 Å². The second kappa shape index (κ2) is 3.84. The number of hydrogen-bond acceptors (Lipinski definition) is 2. The lowest BCUT2D eigenvalue weighted by molar-refractivity contribution is 0.0999. The molecule has 0 radical (unpaired) electrons. The maximum Gasteiger partial charge on any atom is 0.248 e. The highest BCUT2D eigenvalue weighted by Gasteiger charge is 2.39. The number of hydrogen-bond donors (Lipinski definition) is 2. The van der Waals surface area contributed by atoms with Crippen molar-refractivity contribution in [3.63, 3.8) is 0 Å². The van der Waals surface area contributed by atoms with Gasteiger partial charge in [0.05, 0.1) is 0 Å². The van der Waals surface area contributed by atoms with Crippen LogP contribution >= 0.6 is 0 Å². The molecule has 1 heterocycles. The lowest BCUT2D eigenvalue weighted by Gasteiger charge is -2.33. The van der Waals surface area contributed by atoms with Gasteiger partial charge in [0.2, 0.25) is 5.91 Å². The minimum atomic E-state index is -0.284. The van der Waals surface area contributed by atoms with E-state index < -0.39 is 0 Å². The van der Waals surface area contributed by atoms with E-state index in [9.17, 15) is 4.79 Å². The molecule has 0 aromatic heterocycles. The molecule has 1 fully saturated rings. The normalized spacial score (nSPS) is 21.4. The molecule has 0 unspecified atom stereocenters. The number of fused-ring (bicyclic) bond motifs is 1. The Morgan fingerprint density at radius 2 is 2.00 bits per heavy atom. The number of benzene rings is 1. The van der Waals surface area contributed by atoms with Gasteiger partial charge in [-0.25, -0.2) is 0 Å². The van der Waals surface area contributed by atoms with Gasteiger partial charge in [-0.1, -0.05) is 12.1 Å². The van der Waals surface area contributed by atoms with Crippen LogP contribution in [0.3, 0.4) is 0 Å². The summed E-state index contributed by atoms with van der Waals surface area (Å²) in [5.74, 6) is -0.284. The quantitative estimate of drug-likeness (QED) is 0.763. The number of carbonyl (C=O) groups is 1. The number of carbonyl (C=O) groups excluding carboxylic acids is 1. The molecule has 1 aromatic carbocycles. The van der Waals surface area contributed by atoms with Crippen molar-refractivity contribution in [1.82, 2.24) is 5.32 Å². The Morgan fingerprint density at radius 1 is 1.24 bits per heavy atom. The van der Waals surface area contributed by atoms with Crippen LogP contribution in [0, 0.1) is 5.41 Å². The van der Waals surface area contributed by atoms with Crippen LogP contribution in [-0.4, -0.2) is 19.0 Å². The molecular weight excluding hydrogens is 212 g/mol. The number of amides is 1. The van der Waals surface area contributed by atoms with Gasteiger partial charge in [0.1, 0.15) is 0 Å². The molecule has 3 heteroatoms. The van der Waals surface area contributed by atoms with E-state index in [0.29, 0.717) is 5.41 Å². The third kappa shape index (κ3) is 1.75. The molecule has 90 valence electrons. The van der Waals surface area contributed by atoms with E-state index in [1.54, 1.807) is 0 Å². The highest BCUT2D eigenvalue weighted by Crippen LogP contribution is 2.44. The fraction of sp³-hybridized carbons (Fsp3) is 0.500. The maximum absolute atomic E-state index is 11.4. The predicted octanol–water partition coefficient (Wildman–Crippen LogP) is 1.25. The van der Waals surface area contributed by atoms with E-state index in [1.807, 2.05) is 12.1 Å². The molecule has 0 bridgehead atoms. The van der Waals surface area contributed by atoms with Crippen LogP contribution in [0.4, 0.5) is 0 Å². The van der Waals surface area contributed by atoms with Gasteiger partial charge in [0.15, 0.2) is 0 Å². The molecule has 1 aromatic rings. The molecule has 0 saturated carbocycles. The predicted molar refractivity (Wildman–Crippen MR) is 66.9 cm³/mol. The molecule has 3 N–H and O–H groups in total. The summed E-state index contributed by atoms with van der Waals surface area (Å²) in [6, 6.07) is 5.97. The summed E-state index contributed by atoms with van der Waals surface area (Å²) in [6.07, 6.45) is 4.56. The molecule has 1 amide bonds. The van der Waals surface area contributed by atoms with Gasteiger partial charge in [-0.15, -0.1) is 0 Å². The molecule has 1 spiro atoms. The van der Waals surface area contributed by atoms with Gasteiger partial charge in [-0.2, -0.15) is 0 Å². The van der Waals surface area contributed by atoms with Crippen molar-refractivity contribution >= 4 is 5.91 Å². The smallest absolute Gasteiger partial charge is 0.248 e. The number of piperidine rings is 1. The topological polar surface area (TPSA) is 55.1 Å². The lowest BCUT2D eigenvalue weighted by atomic mass is 9.76. The van der Waals surface area contributed by atoms with Gasteiger partial charge in [-0.3, -0.25) is 4.79 Å². The van der Waals surface area contributed by atoms with E-state index in [2.05, 4.69) is 11.4 Å². The van der Waals surface area contributed by atoms with Crippen molar-refractivity contribution in [1.29, 1.82) is 0 Å². The fourth-order valence-electron chi connectivity index (χ4n) is 3.39. The minimum absolute atomic E-state index is 0.284. The van der Waals surface area contributed by atoms with Crippen LogP contribution in [0.25, 0.3) is 0 Å². The Hall–Kier alpha value is -1.35. The molecule has 1 saturated heterocycles.